The van der Waals surface area contributed by atoms with Gasteiger partial charge in [0.05, 0.1) is 10.3 Å². The Kier molecular flexibility index (Phi) is 5.75. The second-order valence-electron chi connectivity index (χ2n) is 6.42. The van der Waals surface area contributed by atoms with Crippen molar-refractivity contribution in [3.8, 4) is 0 Å². The van der Waals surface area contributed by atoms with E-state index >= 15 is 0 Å². The Morgan fingerprint density at radius 1 is 1.04 bits per heavy atom. The van der Waals surface area contributed by atoms with Crippen LogP contribution in [-0.2, 0) is 14.8 Å². The average molecular weight is 381 g/mol. The molecule has 2 aromatic rings. The minimum Gasteiger partial charge on any atom is -0.326 e. The molecule has 2 N–H and O–H groups in total. The fourth-order valence-electron chi connectivity index (χ4n) is 2.05. The Balaban J connectivity index is 2.13. The molecular weight excluding hydrogens is 360 g/mol. The Morgan fingerprint density at radius 2 is 1.60 bits per heavy atom. The fourth-order valence-corrected chi connectivity index (χ4v) is 3.48. The summed E-state index contributed by atoms with van der Waals surface area (Å²) in [6.45, 7) is 5.24. The van der Waals surface area contributed by atoms with Crippen molar-refractivity contribution >= 4 is 38.9 Å². The van der Waals surface area contributed by atoms with Gasteiger partial charge in [0.25, 0.3) is 10.0 Å². The number of halogens is 1. The molecule has 0 saturated carbocycles. The van der Waals surface area contributed by atoms with E-state index in [1.807, 2.05) is 0 Å². The van der Waals surface area contributed by atoms with E-state index in [4.69, 9.17) is 11.6 Å². The first-order valence-electron chi connectivity index (χ1n) is 7.72. The highest BCUT2D eigenvalue weighted by Gasteiger charge is 2.26. The largest absolute Gasteiger partial charge is 0.326 e. The van der Waals surface area contributed by atoms with E-state index in [2.05, 4.69) is 10.0 Å². The van der Waals surface area contributed by atoms with Gasteiger partial charge < -0.3 is 5.32 Å². The summed E-state index contributed by atoms with van der Waals surface area (Å²) in [6, 6.07) is 13.2. The van der Waals surface area contributed by atoms with Crippen LogP contribution in [0.15, 0.2) is 53.4 Å². The molecule has 0 bridgehead atoms. The number of sulfonamides is 1. The molecule has 7 heteroatoms. The van der Waals surface area contributed by atoms with E-state index in [9.17, 15) is 13.2 Å². The number of amides is 1. The molecule has 25 heavy (non-hydrogen) atoms. The van der Waals surface area contributed by atoms with Gasteiger partial charge >= 0.3 is 0 Å². The van der Waals surface area contributed by atoms with Gasteiger partial charge in [-0.2, -0.15) is 0 Å². The third kappa shape index (κ3) is 4.74. The SMILES string of the molecule is Cc1ccccc1S(=O)(=O)Nc1ccc(NC(=O)C(C)(C)CCl)cc1. The summed E-state index contributed by atoms with van der Waals surface area (Å²) in [5.74, 6) is 0.00314. The van der Waals surface area contributed by atoms with Crippen LogP contribution in [0.2, 0.25) is 0 Å². The molecule has 0 aliphatic heterocycles. The Hall–Kier alpha value is -2.05. The summed E-state index contributed by atoms with van der Waals surface area (Å²) in [5.41, 5.74) is 0.967. The molecule has 0 fully saturated rings. The molecule has 2 rings (SSSR count). The highest BCUT2D eigenvalue weighted by molar-refractivity contribution is 7.92. The van der Waals surface area contributed by atoms with Crippen molar-refractivity contribution in [1.29, 1.82) is 0 Å². The number of aryl methyl sites for hydroxylation is 1. The topological polar surface area (TPSA) is 75.3 Å². The maximum Gasteiger partial charge on any atom is 0.262 e. The van der Waals surface area contributed by atoms with Gasteiger partial charge in [0.15, 0.2) is 0 Å². The molecule has 0 aromatic heterocycles. The molecular formula is C18H21ClN2O3S. The zero-order valence-electron chi connectivity index (χ0n) is 14.3. The van der Waals surface area contributed by atoms with Gasteiger partial charge in [-0.25, -0.2) is 8.42 Å². The van der Waals surface area contributed by atoms with Gasteiger partial charge in [-0.05, 0) is 56.7 Å². The second kappa shape index (κ2) is 7.45. The molecule has 0 heterocycles. The van der Waals surface area contributed by atoms with Crippen molar-refractivity contribution in [2.24, 2.45) is 5.41 Å². The first kappa shape index (κ1) is 19.3. The zero-order chi connectivity index (χ0) is 18.7. The van der Waals surface area contributed by atoms with E-state index in [1.165, 1.54) is 0 Å². The molecule has 0 atom stereocenters. The summed E-state index contributed by atoms with van der Waals surface area (Å²) in [7, 11) is -3.66. The van der Waals surface area contributed by atoms with Crippen LogP contribution >= 0.6 is 11.6 Å². The van der Waals surface area contributed by atoms with Crippen molar-refractivity contribution in [3.63, 3.8) is 0 Å². The van der Waals surface area contributed by atoms with Crippen LogP contribution in [0.1, 0.15) is 19.4 Å². The van der Waals surface area contributed by atoms with Gasteiger partial charge in [-0.15, -0.1) is 11.6 Å². The fraction of sp³-hybridized carbons (Fsp3) is 0.278. The predicted molar refractivity (Wildman–Crippen MR) is 102 cm³/mol. The smallest absolute Gasteiger partial charge is 0.262 e. The molecule has 134 valence electrons. The van der Waals surface area contributed by atoms with Crippen LogP contribution < -0.4 is 10.0 Å². The van der Waals surface area contributed by atoms with Crippen LogP contribution in [0.3, 0.4) is 0 Å². The molecule has 5 nitrogen and oxygen atoms in total. The lowest BCUT2D eigenvalue weighted by atomic mass is 9.95. The molecule has 0 aliphatic rings. The quantitative estimate of drug-likeness (QED) is 0.744. The number of hydrogen-bond donors (Lipinski definition) is 2. The molecule has 1 amide bonds. The van der Waals surface area contributed by atoms with Crippen LogP contribution in [0.4, 0.5) is 11.4 Å². The number of carbonyl (C=O) groups excluding carboxylic acids is 1. The number of rotatable bonds is 6. The summed E-state index contributed by atoms with van der Waals surface area (Å²) >= 11 is 5.79. The van der Waals surface area contributed by atoms with E-state index in [0.29, 0.717) is 16.9 Å². The average Bonchev–Trinajstić information content (AvgIpc) is 2.56. The van der Waals surface area contributed by atoms with Crippen molar-refractivity contribution in [2.75, 3.05) is 15.9 Å². The van der Waals surface area contributed by atoms with Crippen molar-refractivity contribution in [1.82, 2.24) is 0 Å². The minimum atomic E-state index is -3.66. The van der Waals surface area contributed by atoms with Crippen molar-refractivity contribution in [3.05, 3.63) is 54.1 Å². The lowest BCUT2D eigenvalue weighted by molar-refractivity contribution is -0.122. The van der Waals surface area contributed by atoms with Gasteiger partial charge in [-0.1, -0.05) is 18.2 Å². The Labute approximate surface area is 153 Å². The highest BCUT2D eigenvalue weighted by Crippen LogP contribution is 2.23. The van der Waals surface area contributed by atoms with Gasteiger partial charge in [0.2, 0.25) is 5.91 Å². The van der Waals surface area contributed by atoms with Gasteiger partial charge in [0, 0.05) is 17.3 Å². The lowest BCUT2D eigenvalue weighted by Gasteiger charge is -2.20. The molecule has 0 saturated heterocycles. The van der Waals surface area contributed by atoms with Crippen LogP contribution in [-0.4, -0.2) is 20.2 Å². The van der Waals surface area contributed by atoms with E-state index < -0.39 is 15.4 Å². The van der Waals surface area contributed by atoms with Gasteiger partial charge in [0.1, 0.15) is 0 Å². The molecule has 0 unspecified atom stereocenters. The summed E-state index contributed by atoms with van der Waals surface area (Å²) in [6.07, 6.45) is 0. The first-order chi connectivity index (χ1) is 11.7. The summed E-state index contributed by atoms with van der Waals surface area (Å²) < 4.78 is 27.5. The van der Waals surface area contributed by atoms with Crippen LogP contribution in [0, 0.1) is 12.3 Å². The van der Waals surface area contributed by atoms with Crippen LogP contribution in [0.25, 0.3) is 0 Å². The van der Waals surface area contributed by atoms with Crippen molar-refractivity contribution < 1.29 is 13.2 Å². The van der Waals surface area contributed by atoms with E-state index in [0.717, 1.165) is 0 Å². The molecule has 0 radical (unpaired) electrons. The van der Waals surface area contributed by atoms with E-state index in [-0.39, 0.29) is 16.7 Å². The van der Waals surface area contributed by atoms with Crippen LogP contribution in [0.5, 0.6) is 0 Å². The number of carbonyl (C=O) groups is 1. The van der Waals surface area contributed by atoms with E-state index in [1.54, 1.807) is 69.3 Å². The second-order valence-corrected chi connectivity index (χ2v) is 8.34. The Bertz CT molecular complexity index is 862. The monoisotopic (exact) mass is 380 g/mol. The highest BCUT2D eigenvalue weighted by atomic mass is 35.5. The zero-order valence-corrected chi connectivity index (χ0v) is 15.9. The normalized spacial score (nSPS) is 11.8. The summed E-state index contributed by atoms with van der Waals surface area (Å²) in [5, 5.41) is 2.76. The number of hydrogen-bond acceptors (Lipinski definition) is 3. The third-order valence-electron chi connectivity index (χ3n) is 3.73. The number of alkyl halides is 1. The maximum absolute atomic E-state index is 12.5. The summed E-state index contributed by atoms with van der Waals surface area (Å²) in [4.78, 5) is 12.3. The molecule has 0 spiro atoms. The number of nitrogens with one attached hydrogen (secondary N) is 2. The lowest BCUT2D eigenvalue weighted by Crippen LogP contribution is -2.32. The number of anilines is 2. The minimum absolute atomic E-state index is 0.198. The molecule has 2 aromatic carbocycles. The van der Waals surface area contributed by atoms with Crippen molar-refractivity contribution in [2.45, 2.75) is 25.7 Å². The van der Waals surface area contributed by atoms with Gasteiger partial charge in [-0.3, -0.25) is 9.52 Å². The molecule has 0 aliphatic carbocycles. The standard InChI is InChI=1S/C18H21ClN2O3S/c1-13-6-4-5-7-16(13)25(23,24)21-15-10-8-14(9-11-15)20-17(22)18(2,3)12-19/h4-11,21H,12H2,1-3H3,(H,20,22). The third-order valence-corrected chi connectivity index (χ3v) is 5.94. The Morgan fingerprint density at radius 3 is 2.16 bits per heavy atom. The maximum atomic E-state index is 12.5. The number of benzene rings is 2. The first-order valence-corrected chi connectivity index (χ1v) is 9.73. The predicted octanol–water partition coefficient (Wildman–Crippen LogP) is 4.00.